The number of hydrogen-bond acceptors (Lipinski definition) is 4. The Hall–Kier alpha value is -1.89. The van der Waals surface area contributed by atoms with Crippen LogP contribution in [0.15, 0.2) is 12.2 Å². The summed E-state index contributed by atoms with van der Waals surface area (Å²) in [5.74, 6) is -5.29. The maximum atomic E-state index is 11.5. The molecule has 0 fully saturated rings. The summed E-state index contributed by atoms with van der Waals surface area (Å²) in [5, 5.41) is 30.3. The highest BCUT2D eigenvalue weighted by molar-refractivity contribution is 5.70. The molecule has 0 aliphatic rings. The van der Waals surface area contributed by atoms with Crippen molar-refractivity contribution in [1.29, 1.82) is 0 Å². The van der Waals surface area contributed by atoms with Gasteiger partial charge in [0, 0.05) is 11.9 Å². The third kappa shape index (κ3) is 15.1. The Bertz CT molecular complexity index is 563. The smallest absolute Gasteiger partial charge is 0.311 e. The molecule has 0 heterocycles. The Morgan fingerprint density at radius 2 is 1.12 bits per heavy atom. The summed E-state index contributed by atoms with van der Waals surface area (Å²) >= 11 is 0. The summed E-state index contributed by atoms with van der Waals surface area (Å²) in [4.78, 5) is 34.5. The van der Waals surface area contributed by atoms with Crippen LogP contribution in [0.3, 0.4) is 0 Å². The number of hydrogen-bond donors (Lipinski definition) is 2. The van der Waals surface area contributed by atoms with Crippen LogP contribution in [0, 0.1) is 17.8 Å². The van der Waals surface area contributed by atoms with Crippen LogP contribution in [0.1, 0.15) is 98.3 Å². The molecule has 0 bridgehead atoms. The van der Waals surface area contributed by atoms with Crippen LogP contribution in [0.2, 0.25) is 0 Å². The molecule has 0 aliphatic carbocycles. The normalized spacial score (nSPS) is 16.1. The first-order chi connectivity index (χ1) is 16.0. The summed E-state index contributed by atoms with van der Waals surface area (Å²) in [7, 11) is 0. The fourth-order valence-corrected chi connectivity index (χ4v) is 4.64. The van der Waals surface area contributed by atoms with Gasteiger partial charge in [0.2, 0.25) is 0 Å². The van der Waals surface area contributed by atoms with Crippen molar-refractivity contribution < 1.29 is 34.2 Å². The largest absolute Gasteiger partial charge is 0.550 e. The van der Waals surface area contributed by atoms with Gasteiger partial charge in [-0.05, 0) is 46.0 Å². The molecule has 3 unspecified atom stereocenters. The summed E-state index contributed by atoms with van der Waals surface area (Å²) in [6.07, 6.45) is 17.2. The van der Waals surface area contributed by atoms with Crippen LogP contribution >= 0.6 is 0 Å². The van der Waals surface area contributed by atoms with E-state index in [1.165, 1.54) is 44.9 Å². The Morgan fingerprint density at radius 3 is 1.56 bits per heavy atom. The number of carbonyl (C=O) groups excluding carboxylic acids is 1. The lowest BCUT2D eigenvalue weighted by molar-refractivity contribution is -0.934. The SMILES string of the molecule is CCCCCCCCC/C=C/CCCC[N+](CC(C)C(=O)[O-])(CC(C)C(=O)O)CC(C)C(=O)O. The number of carboxylic acid groups (broad SMARTS) is 3. The first kappa shape index (κ1) is 32.1. The quantitative estimate of drug-likeness (QED) is 0.133. The van der Waals surface area contributed by atoms with E-state index < -0.39 is 35.7 Å². The average molecular weight is 484 g/mol. The highest BCUT2D eigenvalue weighted by Crippen LogP contribution is 2.21. The van der Waals surface area contributed by atoms with Crippen LogP contribution in [-0.2, 0) is 14.4 Å². The van der Waals surface area contributed by atoms with Gasteiger partial charge in [0.15, 0.2) is 0 Å². The van der Waals surface area contributed by atoms with Crippen molar-refractivity contribution >= 4 is 17.9 Å². The Balaban J connectivity index is 4.82. The second-order valence-corrected chi connectivity index (χ2v) is 10.2. The molecule has 0 aromatic heterocycles. The van der Waals surface area contributed by atoms with Crippen LogP contribution in [-0.4, -0.2) is 58.8 Å². The molecule has 0 amide bonds. The molecule has 34 heavy (non-hydrogen) atoms. The van der Waals surface area contributed by atoms with Gasteiger partial charge in [-0.1, -0.05) is 64.5 Å². The number of aliphatic carboxylic acids is 3. The highest BCUT2D eigenvalue weighted by atomic mass is 16.4. The standard InChI is InChI=1S/C27H49NO6/c1-5-6-7-8-9-10-11-12-13-14-15-16-17-18-28(19-22(2)25(29)30,20-23(3)26(31)32)21-24(4)27(33)34/h13-14,22-24H,5-12,15-21H2,1-4H3,(H2-,29,30,31,32,33,34)/b14-13+. The molecule has 0 spiro atoms. The number of carboxylic acids is 3. The van der Waals surface area contributed by atoms with E-state index in [0.717, 1.165) is 25.7 Å². The zero-order chi connectivity index (χ0) is 26.0. The topological polar surface area (TPSA) is 115 Å². The molecule has 2 N–H and O–H groups in total. The van der Waals surface area contributed by atoms with Gasteiger partial charge in [-0.3, -0.25) is 9.59 Å². The Kier molecular flexibility index (Phi) is 17.4. The van der Waals surface area contributed by atoms with Crippen molar-refractivity contribution in [2.24, 2.45) is 17.8 Å². The molecule has 0 saturated heterocycles. The fourth-order valence-electron chi connectivity index (χ4n) is 4.64. The molecule has 198 valence electrons. The first-order valence-corrected chi connectivity index (χ1v) is 13.2. The highest BCUT2D eigenvalue weighted by Gasteiger charge is 2.36. The Morgan fingerprint density at radius 1 is 0.706 bits per heavy atom. The van der Waals surface area contributed by atoms with Crippen LogP contribution in [0.25, 0.3) is 0 Å². The molecule has 0 saturated carbocycles. The molecular weight excluding hydrogens is 434 g/mol. The van der Waals surface area contributed by atoms with Crippen molar-refractivity contribution in [2.45, 2.75) is 98.3 Å². The number of unbranched alkanes of at least 4 members (excludes halogenated alkanes) is 9. The van der Waals surface area contributed by atoms with E-state index in [-0.39, 0.29) is 24.1 Å². The minimum atomic E-state index is -1.19. The number of carbonyl (C=O) groups is 3. The monoisotopic (exact) mass is 483 g/mol. The van der Waals surface area contributed by atoms with Gasteiger partial charge in [0.25, 0.3) is 0 Å². The van der Waals surface area contributed by atoms with E-state index in [2.05, 4.69) is 19.1 Å². The third-order valence-corrected chi connectivity index (χ3v) is 6.62. The summed E-state index contributed by atoms with van der Waals surface area (Å²) in [6.45, 7) is 8.10. The van der Waals surface area contributed by atoms with Crippen molar-refractivity contribution in [1.82, 2.24) is 0 Å². The first-order valence-electron chi connectivity index (χ1n) is 13.2. The number of allylic oxidation sites excluding steroid dienone is 2. The molecule has 0 aliphatic heterocycles. The van der Waals surface area contributed by atoms with Crippen LogP contribution in [0.4, 0.5) is 0 Å². The summed E-state index contributed by atoms with van der Waals surface area (Å²) < 4.78 is 0.165. The number of quaternary nitrogens is 1. The maximum Gasteiger partial charge on any atom is 0.311 e. The van der Waals surface area contributed by atoms with Gasteiger partial charge in [0.05, 0.1) is 26.2 Å². The second kappa shape index (κ2) is 18.4. The molecule has 7 nitrogen and oxygen atoms in total. The van der Waals surface area contributed by atoms with Crippen molar-refractivity contribution in [3.05, 3.63) is 12.2 Å². The van der Waals surface area contributed by atoms with E-state index in [0.29, 0.717) is 6.54 Å². The Labute approximate surface area is 206 Å². The molecule has 0 aromatic carbocycles. The minimum absolute atomic E-state index is 0.165. The number of rotatable bonds is 22. The molecule has 0 radical (unpaired) electrons. The van der Waals surface area contributed by atoms with Gasteiger partial charge in [0.1, 0.15) is 11.8 Å². The minimum Gasteiger partial charge on any atom is -0.550 e. The number of nitrogens with zero attached hydrogens (tertiary/aromatic N) is 1. The zero-order valence-electron chi connectivity index (χ0n) is 22.0. The fraction of sp³-hybridized carbons (Fsp3) is 0.815. The van der Waals surface area contributed by atoms with Crippen molar-refractivity contribution in [3.63, 3.8) is 0 Å². The summed E-state index contributed by atoms with van der Waals surface area (Å²) in [6, 6.07) is 0. The maximum absolute atomic E-state index is 11.5. The molecule has 0 aromatic rings. The van der Waals surface area contributed by atoms with E-state index in [1.54, 1.807) is 20.8 Å². The summed E-state index contributed by atoms with van der Waals surface area (Å²) in [5.41, 5.74) is 0. The van der Waals surface area contributed by atoms with E-state index in [1.807, 2.05) is 0 Å². The predicted molar refractivity (Wildman–Crippen MR) is 133 cm³/mol. The van der Waals surface area contributed by atoms with Gasteiger partial charge in [-0.25, -0.2) is 0 Å². The van der Waals surface area contributed by atoms with E-state index in [4.69, 9.17) is 0 Å². The van der Waals surface area contributed by atoms with Crippen LogP contribution in [0.5, 0.6) is 0 Å². The average Bonchev–Trinajstić information content (AvgIpc) is 2.76. The van der Waals surface area contributed by atoms with Crippen LogP contribution < -0.4 is 5.11 Å². The molecule has 0 rings (SSSR count). The zero-order valence-corrected chi connectivity index (χ0v) is 22.0. The van der Waals surface area contributed by atoms with E-state index in [9.17, 15) is 29.7 Å². The lowest BCUT2D eigenvalue weighted by Gasteiger charge is -2.43. The second-order valence-electron chi connectivity index (χ2n) is 10.2. The third-order valence-electron chi connectivity index (χ3n) is 6.62. The van der Waals surface area contributed by atoms with Crippen molar-refractivity contribution in [3.8, 4) is 0 Å². The van der Waals surface area contributed by atoms with E-state index >= 15 is 0 Å². The van der Waals surface area contributed by atoms with Gasteiger partial charge in [-0.2, -0.15) is 0 Å². The molecular formula is C27H49NO6. The molecule has 7 heteroatoms. The lowest BCUT2D eigenvalue weighted by atomic mass is 10.0. The van der Waals surface area contributed by atoms with Gasteiger partial charge < -0.3 is 24.6 Å². The predicted octanol–water partition coefficient (Wildman–Crippen LogP) is 4.50. The van der Waals surface area contributed by atoms with Gasteiger partial charge >= 0.3 is 11.9 Å². The van der Waals surface area contributed by atoms with Crippen molar-refractivity contribution in [2.75, 3.05) is 26.2 Å². The van der Waals surface area contributed by atoms with Gasteiger partial charge in [-0.15, -0.1) is 0 Å². The lowest BCUT2D eigenvalue weighted by Crippen LogP contribution is -2.58. The molecule has 3 atom stereocenters.